The number of hydrogen-bond donors (Lipinski definition) is 1. The van der Waals surface area contributed by atoms with Crippen LogP contribution in [0.5, 0.6) is 5.75 Å². The first-order valence-corrected chi connectivity index (χ1v) is 7.98. The van der Waals surface area contributed by atoms with E-state index in [1.807, 2.05) is 6.07 Å². The quantitative estimate of drug-likeness (QED) is 0.905. The van der Waals surface area contributed by atoms with Gasteiger partial charge in [0, 0.05) is 6.04 Å². The van der Waals surface area contributed by atoms with E-state index in [4.69, 9.17) is 10.5 Å². The molecule has 0 amide bonds. The highest BCUT2D eigenvalue weighted by molar-refractivity contribution is 5.31. The normalized spacial score (nSPS) is 23.8. The predicted octanol–water partition coefficient (Wildman–Crippen LogP) is 3.35. The zero-order chi connectivity index (χ0) is 15.2. The van der Waals surface area contributed by atoms with Crippen molar-refractivity contribution in [3.05, 3.63) is 29.6 Å². The van der Waals surface area contributed by atoms with Crippen LogP contribution in [0.4, 0.5) is 4.39 Å². The van der Waals surface area contributed by atoms with Crippen LogP contribution in [0.2, 0.25) is 0 Å². The lowest BCUT2D eigenvalue weighted by Crippen LogP contribution is -2.36. The molecule has 21 heavy (non-hydrogen) atoms. The van der Waals surface area contributed by atoms with Gasteiger partial charge in [0.25, 0.3) is 0 Å². The highest BCUT2D eigenvalue weighted by atomic mass is 19.1. The number of hydrogen-bond acceptors (Lipinski definition) is 3. The summed E-state index contributed by atoms with van der Waals surface area (Å²) in [5, 5.41) is 0. The monoisotopic (exact) mass is 294 g/mol. The molecule has 0 bridgehead atoms. The second kappa shape index (κ2) is 7.76. The lowest BCUT2D eigenvalue weighted by molar-refractivity contribution is 0.158. The Labute approximate surface area is 127 Å². The summed E-state index contributed by atoms with van der Waals surface area (Å²) in [6.07, 6.45) is 4.63. The molecule has 0 aliphatic carbocycles. The third-order valence-corrected chi connectivity index (χ3v) is 4.44. The van der Waals surface area contributed by atoms with Crippen molar-refractivity contribution in [2.75, 3.05) is 26.7 Å². The van der Waals surface area contributed by atoms with Crippen LogP contribution in [0.15, 0.2) is 18.2 Å². The fraction of sp³-hybridized carbons (Fsp3) is 0.647. The smallest absolute Gasteiger partial charge is 0.165 e. The van der Waals surface area contributed by atoms with Gasteiger partial charge in [-0.2, -0.15) is 0 Å². The van der Waals surface area contributed by atoms with E-state index in [-0.39, 0.29) is 11.9 Å². The molecule has 0 saturated carbocycles. The van der Waals surface area contributed by atoms with Gasteiger partial charge >= 0.3 is 0 Å². The number of nitrogens with zero attached hydrogens (tertiary/aromatic N) is 1. The molecule has 1 fully saturated rings. The van der Waals surface area contributed by atoms with Gasteiger partial charge in [0.05, 0.1) is 7.11 Å². The van der Waals surface area contributed by atoms with Crippen LogP contribution in [0.1, 0.15) is 44.2 Å². The Morgan fingerprint density at radius 2 is 2.19 bits per heavy atom. The molecule has 0 aromatic heterocycles. The third-order valence-electron chi connectivity index (χ3n) is 4.44. The number of ether oxygens (including phenoxy) is 1. The van der Waals surface area contributed by atoms with Crippen LogP contribution in [0, 0.1) is 11.7 Å². The first kappa shape index (κ1) is 16.2. The second-order valence-corrected chi connectivity index (χ2v) is 5.87. The maximum Gasteiger partial charge on any atom is 0.165 e. The number of benzene rings is 1. The zero-order valence-electron chi connectivity index (χ0n) is 13.1. The fourth-order valence-electron chi connectivity index (χ4n) is 3.45. The third kappa shape index (κ3) is 3.74. The number of halogens is 1. The summed E-state index contributed by atoms with van der Waals surface area (Å²) in [4.78, 5) is 2.48. The predicted molar refractivity (Wildman–Crippen MR) is 84.0 cm³/mol. The van der Waals surface area contributed by atoms with Crippen molar-refractivity contribution in [3.8, 4) is 5.75 Å². The van der Waals surface area contributed by atoms with Gasteiger partial charge in [-0.1, -0.05) is 19.4 Å². The van der Waals surface area contributed by atoms with Gasteiger partial charge in [0.1, 0.15) is 0 Å². The highest BCUT2D eigenvalue weighted by Crippen LogP contribution is 2.36. The molecule has 2 N–H and O–H groups in total. The summed E-state index contributed by atoms with van der Waals surface area (Å²) < 4.78 is 19.1. The molecule has 118 valence electrons. The van der Waals surface area contributed by atoms with E-state index in [0.717, 1.165) is 31.5 Å². The molecular weight excluding hydrogens is 267 g/mol. The maximum absolute atomic E-state index is 14.1. The van der Waals surface area contributed by atoms with Crippen LogP contribution in [-0.2, 0) is 0 Å². The molecule has 1 aliphatic heterocycles. The standard InChI is InChI=1S/C17H27FN2O/c1-3-9-20-10-5-4-6-14(12-19)17(20)13-7-8-16(21-2)15(18)11-13/h7-8,11,14,17H,3-6,9-10,12,19H2,1-2H3. The summed E-state index contributed by atoms with van der Waals surface area (Å²) in [5.74, 6) is 0.414. The van der Waals surface area contributed by atoms with Crippen LogP contribution in [0.25, 0.3) is 0 Å². The van der Waals surface area contributed by atoms with Crippen molar-refractivity contribution in [3.63, 3.8) is 0 Å². The van der Waals surface area contributed by atoms with E-state index in [1.54, 1.807) is 12.1 Å². The molecule has 4 heteroatoms. The SMILES string of the molecule is CCCN1CCCCC(CN)C1c1ccc(OC)c(F)c1. The minimum absolute atomic E-state index is 0.220. The van der Waals surface area contributed by atoms with Crippen molar-refractivity contribution < 1.29 is 9.13 Å². The van der Waals surface area contributed by atoms with Crippen molar-refractivity contribution in [2.45, 2.75) is 38.6 Å². The maximum atomic E-state index is 14.1. The molecule has 1 heterocycles. The summed E-state index contributed by atoms with van der Waals surface area (Å²) in [5.41, 5.74) is 7.03. The Bertz CT molecular complexity index is 452. The molecule has 0 radical (unpaired) electrons. The average molecular weight is 294 g/mol. The largest absolute Gasteiger partial charge is 0.494 e. The lowest BCUT2D eigenvalue weighted by Gasteiger charge is -2.35. The van der Waals surface area contributed by atoms with Crippen LogP contribution >= 0.6 is 0 Å². The molecular formula is C17H27FN2O. The van der Waals surface area contributed by atoms with E-state index in [2.05, 4.69) is 11.8 Å². The molecule has 1 aliphatic rings. The summed E-state index contributed by atoms with van der Waals surface area (Å²) in [7, 11) is 1.50. The Balaban J connectivity index is 2.34. The van der Waals surface area contributed by atoms with E-state index >= 15 is 0 Å². The Morgan fingerprint density at radius 1 is 1.38 bits per heavy atom. The zero-order valence-corrected chi connectivity index (χ0v) is 13.1. The molecule has 2 unspecified atom stereocenters. The Hall–Kier alpha value is -1.13. The average Bonchev–Trinajstić information content (AvgIpc) is 2.69. The van der Waals surface area contributed by atoms with Crippen LogP contribution < -0.4 is 10.5 Å². The lowest BCUT2D eigenvalue weighted by atomic mass is 9.89. The van der Waals surface area contributed by atoms with Gasteiger partial charge in [-0.15, -0.1) is 0 Å². The minimum atomic E-state index is -0.286. The van der Waals surface area contributed by atoms with E-state index in [9.17, 15) is 4.39 Å². The fourth-order valence-corrected chi connectivity index (χ4v) is 3.45. The van der Waals surface area contributed by atoms with Crippen molar-refractivity contribution >= 4 is 0 Å². The highest BCUT2D eigenvalue weighted by Gasteiger charge is 2.30. The van der Waals surface area contributed by atoms with E-state index in [1.165, 1.54) is 20.0 Å². The molecule has 2 rings (SSSR count). The number of likely N-dealkylation sites (tertiary alicyclic amines) is 1. The first-order chi connectivity index (χ1) is 10.2. The van der Waals surface area contributed by atoms with Gasteiger partial charge in [-0.3, -0.25) is 4.90 Å². The number of rotatable bonds is 5. The summed E-state index contributed by atoms with van der Waals surface area (Å²) >= 11 is 0. The van der Waals surface area contributed by atoms with Crippen molar-refractivity contribution in [2.24, 2.45) is 11.7 Å². The van der Waals surface area contributed by atoms with Crippen LogP contribution in [-0.4, -0.2) is 31.6 Å². The molecule has 2 atom stereocenters. The van der Waals surface area contributed by atoms with Gasteiger partial charge in [-0.05, 0) is 62.5 Å². The summed E-state index contributed by atoms with van der Waals surface area (Å²) in [6, 6.07) is 5.56. The topological polar surface area (TPSA) is 38.5 Å². The van der Waals surface area contributed by atoms with E-state index in [0.29, 0.717) is 18.2 Å². The molecule has 1 aromatic carbocycles. The van der Waals surface area contributed by atoms with E-state index < -0.39 is 0 Å². The Morgan fingerprint density at radius 3 is 2.81 bits per heavy atom. The van der Waals surface area contributed by atoms with Gasteiger partial charge in [0.2, 0.25) is 0 Å². The van der Waals surface area contributed by atoms with Gasteiger partial charge < -0.3 is 10.5 Å². The first-order valence-electron chi connectivity index (χ1n) is 7.98. The summed E-state index contributed by atoms with van der Waals surface area (Å²) in [6.45, 7) is 4.95. The Kier molecular flexibility index (Phi) is 6.00. The second-order valence-electron chi connectivity index (χ2n) is 5.87. The van der Waals surface area contributed by atoms with Crippen LogP contribution in [0.3, 0.4) is 0 Å². The molecule has 1 aromatic rings. The number of nitrogens with two attached hydrogens (primary N) is 1. The minimum Gasteiger partial charge on any atom is -0.494 e. The molecule has 0 spiro atoms. The van der Waals surface area contributed by atoms with Gasteiger partial charge in [0.15, 0.2) is 11.6 Å². The number of methoxy groups -OCH3 is 1. The molecule has 3 nitrogen and oxygen atoms in total. The van der Waals surface area contributed by atoms with Gasteiger partial charge in [-0.25, -0.2) is 4.39 Å². The van der Waals surface area contributed by atoms with Crippen molar-refractivity contribution in [1.82, 2.24) is 4.90 Å². The van der Waals surface area contributed by atoms with Crippen molar-refractivity contribution in [1.29, 1.82) is 0 Å². The molecule has 1 saturated heterocycles.